The fraction of sp³-hybridized carbons (Fsp3) is 0.571. The highest BCUT2D eigenvalue weighted by Gasteiger charge is 2.15. The van der Waals surface area contributed by atoms with Crippen LogP contribution >= 0.6 is 0 Å². The van der Waals surface area contributed by atoms with Gasteiger partial charge in [-0.05, 0) is 17.7 Å². The molecule has 0 amide bonds. The van der Waals surface area contributed by atoms with Crippen LogP contribution in [0.4, 0.5) is 0 Å². The van der Waals surface area contributed by atoms with Crippen molar-refractivity contribution >= 4 is 0 Å². The zero-order valence-electron chi connectivity index (χ0n) is 11.1. The molecular weight excluding hydrogens is 228 g/mol. The number of nitrogens with two attached hydrogens (primary N) is 1. The molecule has 3 N–H and O–H groups in total. The lowest BCUT2D eigenvalue weighted by Crippen LogP contribution is -2.33. The molecule has 1 unspecified atom stereocenters. The van der Waals surface area contributed by atoms with Crippen molar-refractivity contribution in [3.63, 3.8) is 0 Å². The fourth-order valence-electron chi connectivity index (χ4n) is 2.10. The number of nitrogens with one attached hydrogen (secondary N) is 1. The van der Waals surface area contributed by atoms with Gasteiger partial charge in [0.25, 0.3) is 0 Å². The molecule has 0 aromatic heterocycles. The van der Waals surface area contributed by atoms with Crippen LogP contribution in [0.2, 0.25) is 0 Å². The van der Waals surface area contributed by atoms with Gasteiger partial charge in [0.05, 0.1) is 13.2 Å². The molecular formula is C14H22N2O2. The highest BCUT2D eigenvalue weighted by Crippen LogP contribution is 2.32. The van der Waals surface area contributed by atoms with E-state index >= 15 is 0 Å². The van der Waals surface area contributed by atoms with Crippen molar-refractivity contribution in [2.24, 2.45) is 5.73 Å². The predicted octanol–water partition coefficient (Wildman–Crippen LogP) is 1.85. The summed E-state index contributed by atoms with van der Waals surface area (Å²) in [6.45, 7) is 6.23. The van der Waals surface area contributed by atoms with Crippen LogP contribution in [0.3, 0.4) is 0 Å². The first-order valence-corrected chi connectivity index (χ1v) is 6.56. The zero-order valence-corrected chi connectivity index (χ0v) is 11.1. The molecule has 4 nitrogen and oxygen atoms in total. The van der Waals surface area contributed by atoms with E-state index in [1.165, 1.54) is 0 Å². The third-order valence-corrected chi connectivity index (χ3v) is 2.94. The van der Waals surface area contributed by atoms with Gasteiger partial charge in [-0.3, -0.25) is 0 Å². The maximum absolute atomic E-state index is 5.83. The van der Waals surface area contributed by atoms with E-state index in [0.29, 0.717) is 19.2 Å². The summed E-state index contributed by atoms with van der Waals surface area (Å²) in [5.74, 6) is 1.66. The first-order chi connectivity index (χ1) is 8.70. The molecule has 100 valence electrons. The fourth-order valence-corrected chi connectivity index (χ4v) is 2.10. The molecule has 2 rings (SSSR count). The predicted molar refractivity (Wildman–Crippen MR) is 72.1 cm³/mol. The summed E-state index contributed by atoms with van der Waals surface area (Å²) < 4.78 is 11.3. The Morgan fingerprint density at radius 3 is 2.61 bits per heavy atom. The largest absolute Gasteiger partial charge is 0.490 e. The van der Waals surface area contributed by atoms with Crippen molar-refractivity contribution in [3.05, 3.63) is 23.8 Å². The van der Waals surface area contributed by atoms with Crippen molar-refractivity contribution in [2.75, 3.05) is 19.8 Å². The maximum atomic E-state index is 5.83. The molecule has 0 saturated carbocycles. The Morgan fingerprint density at radius 2 is 1.94 bits per heavy atom. The number of hydrogen-bond acceptors (Lipinski definition) is 4. The van der Waals surface area contributed by atoms with Crippen molar-refractivity contribution in [3.8, 4) is 11.5 Å². The van der Waals surface area contributed by atoms with Gasteiger partial charge in [0.1, 0.15) is 0 Å². The van der Waals surface area contributed by atoms with Gasteiger partial charge < -0.3 is 20.5 Å². The van der Waals surface area contributed by atoms with Crippen LogP contribution in [-0.4, -0.2) is 25.8 Å². The van der Waals surface area contributed by atoms with Crippen LogP contribution < -0.4 is 20.5 Å². The topological polar surface area (TPSA) is 56.5 Å². The van der Waals surface area contributed by atoms with Gasteiger partial charge in [-0.1, -0.05) is 19.9 Å². The molecule has 0 saturated heterocycles. The van der Waals surface area contributed by atoms with Gasteiger partial charge in [0.15, 0.2) is 11.5 Å². The maximum Gasteiger partial charge on any atom is 0.161 e. The van der Waals surface area contributed by atoms with Gasteiger partial charge >= 0.3 is 0 Å². The third-order valence-electron chi connectivity index (χ3n) is 2.94. The minimum Gasteiger partial charge on any atom is -0.490 e. The van der Waals surface area contributed by atoms with Gasteiger partial charge in [0, 0.05) is 25.0 Å². The second-order valence-corrected chi connectivity index (χ2v) is 4.87. The summed E-state index contributed by atoms with van der Waals surface area (Å²) in [5.41, 5.74) is 6.97. The molecule has 0 bridgehead atoms. The van der Waals surface area contributed by atoms with Gasteiger partial charge in [0.2, 0.25) is 0 Å². The highest BCUT2D eigenvalue weighted by atomic mass is 16.5. The molecule has 18 heavy (non-hydrogen) atoms. The summed E-state index contributed by atoms with van der Waals surface area (Å²) >= 11 is 0. The molecule has 1 aromatic rings. The smallest absolute Gasteiger partial charge is 0.161 e. The van der Waals surface area contributed by atoms with Crippen molar-refractivity contribution in [1.82, 2.24) is 5.32 Å². The number of ether oxygens (including phenoxy) is 2. The summed E-state index contributed by atoms with van der Waals surface area (Å²) in [4.78, 5) is 0. The molecule has 0 fully saturated rings. The van der Waals surface area contributed by atoms with E-state index in [0.717, 1.165) is 30.1 Å². The second-order valence-electron chi connectivity index (χ2n) is 4.87. The summed E-state index contributed by atoms with van der Waals surface area (Å²) in [5, 5.41) is 3.45. The van der Waals surface area contributed by atoms with Crippen molar-refractivity contribution in [2.45, 2.75) is 32.4 Å². The summed E-state index contributed by atoms with van der Waals surface area (Å²) in [6.07, 6.45) is 0.925. The minimum atomic E-state index is 0.155. The molecule has 0 radical (unpaired) electrons. The number of fused-ring (bicyclic) bond motifs is 1. The number of benzene rings is 1. The van der Waals surface area contributed by atoms with E-state index in [4.69, 9.17) is 15.2 Å². The molecule has 1 aliphatic heterocycles. The minimum absolute atomic E-state index is 0.155. The van der Waals surface area contributed by atoms with Crippen LogP contribution in [0.5, 0.6) is 11.5 Å². The van der Waals surface area contributed by atoms with E-state index in [1.807, 2.05) is 12.1 Å². The van der Waals surface area contributed by atoms with Crippen LogP contribution in [0.1, 0.15) is 31.9 Å². The Labute approximate surface area is 108 Å². The quantitative estimate of drug-likeness (QED) is 0.856. The molecule has 1 aromatic carbocycles. The summed E-state index contributed by atoms with van der Waals surface area (Å²) in [7, 11) is 0. The first kappa shape index (κ1) is 13.2. The lowest BCUT2D eigenvalue weighted by atomic mass is 10.1. The first-order valence-electron chi connectivity index (χ1n) is 6.56. The zero-order chi connectivity index (χ0) is 13.0. The molecule has 1 atom stereocenters. The van der Waals surface area contributed by atoms with Gasteiger partial charge in [-0.2, -0.15) is 0 Å². The lowest BCUT2D eigenvalue weighted by Gasteiger charge is -2.21. The van der Waals surface area contributed by atoms with Gasteiger partial charge in [-0.15, -0.1) is 0 Å². The number of rotatable bonds is 4. The average Bonchev–Trinajstić information content (AvgIpc) is 2.59. The molecule has 0 spiro atoms. The Kier molecular flexibility index (Phi) is 4.44. The van der Waals surface area contributed by atoms with Gasteiger partial charge in [-0.25, -0.2) is 0 Å². The van der Waals surface area contributed by atoms with Crippen molar-refractivity contribution < 1.29 is 9.47 Å². The molecule has 1 heterocycles. The standard InChI is InChI=1S/C14H22N2O2/c1-10(2)16-12(9-15)11-4-5-13-14(8-11)18-7-3-6-17-13/h4-5,8,10,12,16H,3,6-7,9,15H2,1-2H3. The normalized spacial score (nSPS) is 16.4. The Balaban J connectivity index is 2.20. The SMILES string of the molecule is CC(C)NC(CN)c1ccc2c(c1)OCCCO2. The van der Waals surface area contributed by atoms with E-state index in [-0.39, 0.29) is 6.04 Å². The monoisotopic (exact) mass is 250 g/mol. The Bertz CT molecular complexity index is 393. The average molecular weight is 250 g/mol. The highest BCUT2D eigenvalue weighted by molar-refractivity contribution is 5.44. The molecule has 4 heteroatoms. The van der Waals surface area contributed by atoms with Crippen LogP contribution in [0.15, 0.2) is 18.2 Å². The van der Waals surface area contributed by atoms with E-state index in [1.54, 1.807) is 0 Å². The third kappa shape index (κ3) is 3.15. The van der Waals surface area contributed by atoms with Crippen molar-refractivity contribution in [1.29, 1.82) is 0 Å². The second kappa shape index (κ2) is 6.07. The van der Waals surface area contributed by atoms with E-state index in [2.05, 4.69) is 25.2 Å². The van der Waals surface area contributed by atoms with Crippen LogP contribution in [0, 0.1) is 0 Å². The van der Waals surface area contributed by atoms with E-state index < -0.39 is 0 Å². The van der Waals surface area contributed by atoms with Crippen LogP contribution in [-0.2, 0) is 0 Å². The van der Waals surface area contributed by atoms with E-state index in [9.17, 15) is 0 Å². The lowest BCUT2D eigenvalue weighted by molar-refractivity contribution is 0.297. The summed E-state index contributed by atoms with van der Waals surface area (Å²) in [6, 6.07) is 6.62. The Hall–Kier alpha value is -1.26. The van der Waals surface area contributed by atoms with Crippen LogP contribution in [0.25, 0.3) is 0 Å². The molecule has 0 aliphatic carbocycles. The molecule has 1 aliphatic rings. The number of hydrogen-bond donors (Lipinski definition) is 2. The Morgan fingerprint density at radius 1 is 1.22 bits per heavy atom.